The maximum atomic E-state index is 11.8. The van der Waals surface area contributed by atoms with Crippen LogP contribution < -0.4 is 0 Å². The van der Waals surface area contributed by atoms with Crippen molar-refractivity contribution in [1.29, 1.82) is 0 Å². The molecule has 0 heterocycles. The molecule has 27 heavy (non-hydrogen) atoms. The van der Waals surface area contributed by atoms with Crippen molar-refractivity contribution in [1.82, 2.24) is 0 Å². The maximum Gasteiger partial charge on any atom is 0.333 e. The highest BCUT2D eigenvalue weighted by molar-refractivity contribution is 5.88. The van der Waals surface area contributed by atoms with Gasteiger partial charge in [0.1, 0.15) is 0 Å². The Labute approximate surface area is 158 Å². The summed E-state index contributed by atoms with van der Waals surface area (Å²) in [6.07, 6.45) is 0.962. The predicted octanol–water partition coefficient (Wildman–Crippen LogP) is 2.72. The monoisotopic (exact) mass is 384 g/mol. The van der Waals surface area contributed by atoms with Crippen LogP contribution in [0.2, 0.25) is 0 Å². The molecule has 0 spiro atoms. The number of carbonyl (C=O) groups is 4. The quantitative estimate of drug-likeness (QED) is 0.346. The summed E-state index contributed by atoms with van der Waals surface area (Å²) in [5.41, 5.74) is -0.264. The van der Waals surface area contributed by atoms with E-state index in [-0.39, 0.29) is 50.0 Å². The van der Waals surface area contributed by atoms with Gasteiger partial charge in [-0.05, 0) is 25.7 Å². The molecule has 0 saturated carbocycles. The first kappa shape index (κ1) is 24.4. The van der Waals surface area contributed by atoms with Gasteiger partial charge in [0, 0.05) is 29.4 Å². The molecule has 0 amide bonds. The Bertz CT molecular complexity index is 539. The van der Waals surface area contributed by atoms with Crippen LogP contribution in [0.15, 0.2) is 24.3 Å². The number of aliphatic carboxylic acids is 2. The molecule has 2 N–H and O–H groups in total. The third kappa shape index (κ3) is 12.4. The summed E-state index contributed by atoms with van der Waals surface area (Å²) in [4.78, 5) is 44.6. The Morgan fingerprint density at radius 3 is 1.37 bits per heavy atom. The molecular weight excluding hydrogens is 356 g/mol. The second kappa shape index (κ2) is 11.9. The fourth-order valence-corrected chi connectivity index (χ4v) is 1.88. The minimum absolute atomic E-state index is 0.0114. The van der Waals surface area contributed by atoms with Crippen LogP contribution in [0.4, 0.5) is 0 Å². The van der Waals surface area contributed by atoms with Crippen LogP contribution in [-0.2, 0) is 28.7 Å². The van der Waals surface area contributed by atoms with Crippen molar-refractivity contribution < 1.29 is 38.9 Å². The lowest BCUT2D eigenvalue weighted by Gasteiger charge is -2.24. The van der Waals surface area contributed by atoms with Crippen molar-refractivity contribution in [2.75, 3.05) is 13.2 Å². The van der Waals surface area contributed by atoms with Crippen LogP contribution in [-0.4, -0.2) is 47.3 Å². The summed E-state index contributed by atoms with van der Waals surface area (Å²) >= 11 is 0. The molecule has 0 atom stereocenters. The first-order valence-electron chi connectivity index (χ1n) is 8.58. The second-order valence-corrected chi connectivity index (χ2v) is 7.02. The largest absolute Gasteiger partial charge is 0.481 e. The van der Waals surface area contributed by atoms with Crippen molar-refractivity contribution in [2.45, 2.75) is 52.4 Å². The van der Waals surface area contributed by atoms with Crippen molar-refractivity contribution in [2.24, 2.45) is 5.41 Å². The van der Waals surface area contributed by atoms with E-state index in [4.69, 9.17) is 19.7 Å². The van der Waals surface area contributed by atoms with Crippen molar-refractivity contribution >= 4 is 23.9 Å². The number of carboxylic acids is 2. The molecule has 152 valence electrons. The molecule has 0 aliphatic carbocycles. The summed E-state index contributed by atoms with van der Waals surface area (Å²) in [7, 11) is 0. The van der Waals surface area contributed by atoms with Crippen LogP contribution in [0.3, 0.4) is 0 Å². The van der Waals surface area contributed by atoms with E-state index in [9.17, 15) is 19.2 Å². The highest BCUT2D eigenvalue weighted by Crippen LogP contribution is 2.19. The zero-order chi connectivity index (χ0) is 21.0. The van der Waals surface area contributed by atoms with Gasteiger partial charge in [-0.25, -0.2) is 9.59 Å². The zero-order valence-electron chi connectivity index (χ0n) is 15.9. The third-order valence-corrected chi connectivity index (χ3v) is 3.50. The van der Waals surface area contributed by atoms with Crippen molar-refractivity contribution in [3.05, 3.63) is 24.3 Å². The lowest BCUT2D eigenvalue weighted by molar-refractivity contribution is -0.148. The first-order valence-corrected chi connectivity index (χ1v) is 8.58. The van der Waals surface area contributed by atoms with E-state index in [1.807, 2.05) is 0 Å². The molecule has 0 fully saturated rings. The molecular formula is C19H28O8. The Kier molecular flexibility index (Phi) is 10.7. The van der Waals surface area contributed by atoms with E-state index in [0.717, 1.165) is 0 Å². The van der Waals surface area contributed by atoms with E-state index in [2.05, 4.69) is 13.2 Å². The van der Waals surface area contributed by atoms with E-state index in [0.29, 0.717) is 12.8 Å². The average molecular weight is 384 g/mol. The van der Waals surface area contributed by atoms with Gasteiger partial charge >= 0.3 is 23.9 Å². The summed E-state index contributed by atoms with van der Waals surface area (Å²) in [5.74, 6) is -3.11. The molecule has 8 nitrogen and oxygen atoms in total. The summed E-state index contributed by atoms with van der Waals surface area (Å²) in [5, 5.41) is 17.1. The molecule has 0 radical (unpaired) electrons. The molecule has 0 aromatic heterocycles. The average Bonchev–Trinajstić information content (AvgIpc) is 2.56. The molecule has 0 saturated heterocycles. The number of hydrogen-bond donors (Lipinski definition) is 2. The van der Waals surface area contributed by atoms with Gasteiger partial charge in [0.15, 0.2) is 0 Å². The highest BCUT2D eigenvalue weighted by Gasteiger charge is 2.24. The van der Waals surface area contributed by atoms with Gasteiger partial charge in [0.25, 0.3) is 0 Å². The number of rotatable bonds is 14. The third-order valence-electron chi connectivity index (χ3n) is 3.50. The number of carboxylic acid groups (broad SMARTS) is 2. The normalized spacial score (nSPS) is 10.7. The Hall–Kier alpha value is -2.64. The van der Waals surface area contributed by atoms with E-state index < -0.39 is 29.3 Å². The molecule has 0 aliphatic rings. The molecule has 0 aromatic rings. The topological polar surface area (TPSA) is 127 Å². The Morgan fingerprint density at radius 1 is 0.741 bits per heavy atom. The standard InChI is InChI=1S/C19H28O8/c1-13(7-5-9-15(20)21)17(24)26-11-19(3,4)12-27-18(25)14(2)8-6-10-16(22)23/h1-2,5-12H2,3-4H3,(H,20,21)(H,22,23). The lowest BCUT2D eigenvalue weighted by atomic mass is 9.96. The van der Waals surface area contributed by atoms with Crippen LogP contribution in [0.5, 0.6) is 0 Å². The molecule has 0 unspecified atom stereocenters. The van der Waals surface area contributed by atoms with Crippen LogP contribution in [0, 0.1) is 5.41 Å². The number of carbonyl (C=O) groups excluding carboxylic acids is 2. The molecule has 8 heteroatoms. The fraction of sp³-hybridized carbons (Fsp3) is 0.579. The molecule has 0 aromatic carbocycles. The first-order chi connectivity index (χ1) is 12.4. The number of esters is 2. The van der Waals surface area contributed by atoms with Crippen LogP contribution in [0.25, 0.3) is 0 Å². The zero-order valence-corrected chi connectivity index (χ0v) is 15.9. The van der Waals surface area contributed by atoms with Crippen molar-refractivity contribution in [3.63, 3.8) is 0 Å². The number of ether oxygens (including phenoxy) is 2. The van der Waals surface area contributed by atoms with Gasteiger partial charge < -0.3 is 19.7 Å². The summed E-state index contributed by atoms with van der Waals surface area (Å²) < 4.78 is 10.3. The van der Waals surface area contributed by atoms with Gasteiger partial charge in [-0.15, -0.1) is 0 Å². The summed E-state index contributed by atoms with van der Waals surface area (Å²) in [6, 6.07) is 0. The smallest absolute Gasteiger partial charge is 0.333 e. The molecule has 0 bridgehead atoms. The van der Waals surface area contributed by atoms with Gasteiger partial charge in [-0.1, -0.05) is 27.0 Å². The van der Waals surface area contributed by atoms with Crippen molar-refractivity contribution in [3.8, 4) is 0 Å². The number of hydrogen-bond acceptors (Lipinski definition) is 6. The minimum atomic E-state index is -0.941. The van der Waals surface area contributed by atoms with E-state index in [1.54, 1.807) is 13.8 Å². The van der Waals surface area contributed by atoms with Gasteiger partial charge in [-0.3, -0.25) is 9.59 Å². The predicted molar refractivity (Wildman–Crippen MR) is 97.0 cm³/mol. The van der Waals surface area contributed by atoms with Gasteiger partial charge in [0.2, 0.25) is 0 Å². The second-order valence-electron chi connectivity index (χ2n) is 7.02. The van der Waals surface area contributed by atoms with Crippen LogP contribution in [0.1, 0.15) is 52.4 Å². The molecule has 0 aliphatic heterocycles. The lowest BCUT2D eigenvalue weighted by Crippen LogP contribution is -2.29. The van der Waals surface area contributed by atoms with E-state index in [1.165, 1.54) is 0 Å². The van der Waals surface area contributed by atoms with E-state index >= 15 is 0 Å². The van der Waals surface area contributed by atoms with Gasteiger partial charge in [0.05, 0.1) is 13.2 Å². The Morgan fingerprint density at radius 2 is 1.07 bits per heavy atom. The SMILES string of the molecule is C=C(CCCC(=O)O)C(=O)OCC(C)(C)COC(=O)C(=C)CCCC(=O)O. The molecule has 0 rings (SSSR count). The van der Waals surface area contributed by atoms with Gasteiger partial charge in [-0.2, -0.15) is 0 Å². The highest BCUT2D eigenvalue weighted by atomic mass is 16.5. The Balaban J connectivity index is 4.21. The minimum Gasteiger partial charge on any atom is -0.481 e. The maximum absolute atomic E-state index is 11.8. The van der Waals surface area contributed by atoms with Crippen LogP contribution >= 0.6 is 0 Å². The fourth-order valence-electron chi connectivity index (χ4n) is 1.88. The summed E-state index contributed by atoms with van der Waals surface area (Å²) in [6.45, 7) is 10.6.